The third-order valence-electron chi connectivity index (χ3n) is 7.05. The fraction of sp³-hybridized carbons (Fsp3) is 0.429. The summed E-state index contributed by atoms with van der Waals surface area (Å²) in [7, 11) is 0. The van der Waals surface area contributed by atoms with Crippen LogP contribution in [-0.2, 0) is 11.2 Å². The van der Waals surface area contributed by atoms with Gasteiger partial charge in [-0.25, -0.2) is 9.78 Å². The molecule has 1 aromatic heterocycles. The van der Waals surface area contributed by atoms with Crippen molar-refractivity contribution >= 4 is 6.03 Å². The Kier molecular flexibility index (Phi) is 6.68. The van der Waals surface area contributed by atoms with E-state index >= 15 is 0 Å². The van der Waals surface area contributed by atoms with E-state index in [-0.39, 0.29) is 17.9 Å². The number of nitrogens with zero attached hydrogens (tertiary/aromatic N) is 3. The van der Waals surface area contributed by atoms with Gasteiger partial charge in [-0.3, -0.25) is 0 Å². The van der Waals surface area contributed by atoms with Gasteiger partial charge in [-0.2, -0.15) is 0 Å². The summed E-state index contributed by atoms with van der Waals surface area (Å²) in [5.41, 5.74) is 5.69. The van der Waals surface area contributed by atoms with Gasteiger partial charge in [0.05, 0.1) is 19.1 Å². The number of oxazole rings is 1. The zero-order valence-corrected chi connectivity index (χ0v) is 20.1. The second kappa shape index (κ2) is 10.0. The van der Waals surface area contributed by atoms with E-state index in [1.165, 1.54) is 16.7 Å². The molecule has 178 valence electrons. The molecule has 0 N–H and O–H groups in total. The van der Waals surface area contributed by atoms with Gasteiger partial charge in [0.2, 0.25) is 0 Å². The summed E-state index contributed by atoms with van der Waals surface area (Å²) >= 11 is 0. The quantitative estimate of drug-likeness (QED) is 0.536. The molecule has 0 radical (unpaired) electrons. The molecule has 0 saturated carbocycles. The number of morpholine rings is 1. The van der Waals surface area contributed by atoms with E-state index in [4.69, 9.17) is 14.1 Å². The molecule has 0 aliphatic carbocycles. The molecule has 2 fully saturated rings. The molecule has 6 heteroatoms. The molecule has 2 aliphatic heterocycles. The highest BCUT2D eigenvalue weighted by Crippen LogP contribution is 2.37. The normalized spacial score (nSPS) is 21.0. The number of aromatic nitrogens is 1. The van der Waals surface area contributed by atoms with Gasteiger partial charge in [-0.15, -0.1) is 0 Å². The lowest BCUT2D eigenvalue weighted by atomic mass is 9.84. The van der Waals surface area contributed by atoms with Crippen LogP contribution in [-0.4, -0.2) is 60.2 Å². The minimum absolute atomic E-state index is 0.0492. The van der Waals surface area contributed by atoms with Crippen molar-refractivity contribution in [3.8, 4) is 11.3 Å². The Balaban J connectivity index is 1.41. The minimum atomic E-state index is 0.0492. The van der Waals surface area contributed by atoms with Gasteiger partial charge < -0.3 is 19.0 Å². The van der Waals surface area contributed by atoms with Gasteiger partial charge in [0.1, 0.15) is 12.0 Å². The molecule has 0 spiro atoms. The number of hydrogen-bond donors (Lipinski definition) is 0. The van der Waals surface area contributed by atoms with Crippen LogP contribution >= 0.6 is 0 Å². The van der Waals surface area contributed by atoms with Crippen molar-refractivity contribution in [1.82, 2.24) is 14.8 Å². The van der Waals surface area contributed by atoms with Crippen molar-refractivity contribution < 1.29 is 13.9 Å². The molecular weight excluding hydrogens is 426 g/mol. The fourth-order valence-corrected chi connectivity index (χ4v) is 5.07. The molecule has 3 heterocycles. The molecule has 2 unspecified atom stereocenters. The Morgan fingerprint density at radius 2 is 1.79 bits per heavy atom. The van der Waals surface area contributed by atoms with Crippen LogP contribution in [0.4, 0.5) is 4.79 Å². The lowest BCUT2D eigenvalue weighted by Crippen LogP contribution is -2.52. The predicted octanol–water partition coefficient (Wildman–Crippen LogP) is 5.24. The summed E-state index contributed by atoms with van der Waals surface area (Å²) < 4.78 is 11.5. The van der Waals surface area contributed by atoms with Crippen LogP contribution in [0.1, 0.15) is 47.8 Å². The minimum Gasteiger partial charge on any atom is -0.448 e. The first-order valence-corrected chi connectivity index (χ1v) is 12.3. The maximum absolute atomic E-state index is 13.4. The Bertz CT molecular complexity index is 1120. The van der Waals surface area contributed by atoms with Crippen LogP contribution in [0, 0.1) is 6.92 Å². The second-order valence-electron chi connectivity index (χ2n) is 9.45. The van der Waals surface area contributed by atoms with E-state index in [1.807, 2.05) is 15.9 Å². The van der Waals surface area contributed by atoms with Gasteiger partial charge >= 0.3 is 6.03 Å². The molecule has 2 aliphatic rings. The van der Waals surface area contributed by atoms with Gasteiger partial charge in [-0.05, 0) is 37.0 Å². The van der Waals surface area contributed by atoms with Crippen molar-refractivity contribution in [2.75, 3.05) is 39.4 Å². The third kappa shape index (κ3) is 4.87. The predicted molar refractivity (Wildman–Crippen MR) is 132 cm³/mol. The van der Waals surface area contributed by atoms with Crippen molar-refractivity contribution in [1.29, 1.82) is 0 Å². The smallest absolute Gasteiger partial charge is 0.320 e. The summed E-state index contributed by atoms with van der Waals surface area (Å²) in [5, 5.41) is 0. The van der Waals surface area contributed by atoms with Crippen LogP contribution in [0.5, 0.6) is 0 Å². The zero-order chi connectivity index (χ0) is 23.5. The lowest BCUT2D eigenvalue weighted by molar-refractivity contribution is 0.0393. The molecule has 2 amide bonds. The number of aryl methyl sites for hydroxylation is 2. The maximum Gasteiger partial charge on any atom is 0.320 e. The average molecular weight is 460 g/mol. The van der Waals surface area contributed by atoms with Gasteiger partial charge in [0, 0.05) is 37.7 Å². The summed E-state index contributed by atoms with van der Waals surface area (Å²) in [6, 6.07) is 17.2. The Labute approximate surface area is 201 Å². The number of piperidine rings is 1. The Morgan fingerprint density at radius 1 is 1.03 bits per heavy atom. The summed E-state index contributed by atoms with van der Waals surface area (Å²) in [5.74, 6) is 1.00. The van der Waals surface area contributed by atoms with Crippen molar-refractivity contribution in [2.45, 2.75) is 38.5 Å². The molecule has 2 saturated heterocycles. The maximum atomic E-state index is 13.4. The summed E-state index contributed by atoms with van der Waals surface area (Å²) in [4.78, 5) is 22.2. The number of benzene rings is 2. The van der Waals surface area contributed by atoms with Crippen LogP contribution in [0.25, 0.3) is 11.3 Å². The Morgan fingerprint density at radius 3 is 2.53 bits per heavy atom. The van der Waals surface area contributed by atoms with E-state index in [0.29, 0.717) is 45.3 Å². The molecule has 0 bridgehead atoms. The van der Waals surface area contributed by atoms with E-state index < -0.39 is 0 Å². The number of carbonyl (C=O) groups is 1. The third-order valence-corrected chi connectivity index (χ3v) is 7.05. The molecule has 2 atom stereocenters. The molecular formula is C28H33N3O3. The second-order valence-corrected chi connectivity index (χ2v) is 9.45. The standard InChI is InChI=1S/C28H33N3O3/c1-3-21-7-9-22(10-8-21)24-16-25(18-31(17-24)28(32)30-11-13-33-14-12-30)27-29-26(19-34-27)23-6-4-5-20(2)15-23/h4-10,15,19,24-25H,3,11-14,16-18H2,1-2H3. The average Bonchev–Trinajstić information content (AvgIpc) is 3.39. The number of rotatable bonds is 4. The summed E-state index contributed by atoms with van der Waals surface area (Å²) in [6.07, 6.45) is 3.68. The highest BCUT2D eigenvalue weighted by Gasteiger charge is 2.36. The molecule has 6 nitrogen and oxygen atoms in total. The first kappa shape index (κ1) is 22.7. The largest absolute Gasteiger partial charge is 0.448 e. The van der Waals surface area contributed by atoms with Crippen LogP contribution < -0.4 is 0 Å². The van der Waals surface area contributed by atoms with E-state index in [2.05, 4.69) is 56.3 Å². The number of ether oxygens (including phenoxy) is 1. The van der Waals surface area contributed by atoms with Crippen LogP contribution in [0.3, 0.4) is 0 Å². The van der Waals surface area contributed by atoms with E-state index in [9.17, 15) is 4.79 Å². The van der Waals surface area contributed by atoms with Crippen molar-refractivity contribution in [3.63, 3.8) is 0 Å². The highest BCUT2D eigenvalue weighted by molar-refractivity contribution is 5.75. The number of carbonyl (C=O) groups excluding carboxylic acids is 1. The SMILES string of the molecule is CCc1ccc(C2CC(c3nc(-c4cccc(C)c4)co3)CN(C(=O)N3CCOCC3)C2)cc1. The Hall–Kier alpha value is -3.12. The first-order valence-electron chi connectivity index (χ1n) is 12.3. The number of likely N-dealkylation sites (tertiary alicyclic amines) is 1. The number of amides is 2. The van der Waals surface area contributed by atoms with Gasteiger partial charge in [0.25, 0.3) is 0 Å². The van der Waals surface area contributed by atoms with Crippen LogP contribution in [0.2, 0.25) is 0 Å². The van der Waals surface area contributed by atoms with Gasteiger partial charge in [0.15, 0.2) is 5.89 Å². The molecule has 3 aromatic rings. The number of urea groups is 1. The topological polar surface area (TPSA) is 58.8 Å². The number of hydrogen-bond acceptors (Lipinski definition) is 4. The zero-order valence-electron chi connectivity index (χ0n) is 20.1. The van der Waals surface area contributed by atoms with Crippen molar-refractivity contribution in [2.24, 2.45) is 0 Å². The van der Waals surface area contributed by atoms with E-state index in [1.54, 1.807) is 6.26 Å². The lowest BCUT2D eigenvalue weighted by Gasteiger charge is -2.40. The fourth-order valence-electron chi connectivity index (χ4n) is 5.07. The van der Waals surface area contributed by atoms with Crippen molar-refractivity contribution in [3.05, 3.63) is 77.4 Å². The first-order chi connectivity index (χ1) is 16.6. The monoisotopic (exact) mass is 459 g/mol. The summed E-state index contributed by atoms with van der Waals surface area (Å²) in [6.45, 7) is 8.07. The molecule has 34 heavy (non-hydrogen) atoms. The molecule has 2 aromatic carbocycles. The van der Waals surface area contributed by atoms with E-state index in [0.717, 1.165) is 24.1 Å². The van der Waals surface area contributed by atoms with Gasteiger partial charge in [-0.1, -0.05) is 55.0 Å². The van der Waals surface area contributed by atoms with Crippen LogP contribution in [0.15, 0.2) is 59.2 Å². The molecule has 5 rings (SSSR count). The highest BCUT2D eigenvalue weighted by atomic mass is 16.5.